The lowest BCUT2D eigenvalue weighted by Crippen LogP contribution is -2.08. The monoisotopic (exact) mass is 206 g/mol. The summed E-state index contributed by atoms with van der Waals surface area (Å²) in [6, 6.07) is 0. The second-order valence-corrected chi connectivity index (χ2v) is 4.38. The van der Waals surface area contributed by atoms with Crippen LogP contribution in [-0.4, -0.2) is 15.0 Å². The quantitative estimate of drug-likeness (QED) is 0.804. The van der Waals surface area contributed by atoms with Gasteiger partial charge in [-0.25, -0.2) is 4.98 Å². The molecule has 0 aromatic carbocycles. The van der Waals surface area contributed by atoms with Crippen LogP contribution in [-0.2, 0) is 0 Å². The van der Waals surface area contributed by atoms with Crippen LogP contribution < -0.4 is 5.73 Å². The Kier molecular flexibility index (Phi) is 2.84. The second-order valence-electron chi connectivity index (χ2n) is 4.38. The number of rotatable bonds is 2. The number of aromatic nitrogens is 3. The van der Waals surface area contributed by atoms with E-state index in [9.17, 15) is 0 Å². The third-order valence-corrected chi connectivity index (χ3v) is 3.27. The summed E-state index contributed by atoms with van der Waals surface area (Å²) in [7, 11) is 0. The summed E-state index contributed by atoms with van der Waals surface area (Å²) >= 11 is 0. The third-order valence-electron chi connectivity index (χ3n) is 3.27. The highest BCUT2D eigenvalue weighted by Gasteiger charge is 2.26. The zero-order chi connectivity index (χ0) is 10.8. The van der Waals surface area contributed by atoms with Gasteiger partial charge in [0.25, 0.3) is 0 Å². The Morgan fingerprint density at radius 3 is 2.67 bits per heavy atom. The molecule has 0 saturated heterocycles. The van der Waals surface area contributed by atoms with Gasteiger partial charge in [0.05, 0.1) is 0 Å². The van der Waals surface area contributed by atoms with Crippen LogP contribution in [0.25, 0.3) is 0 Å². The smallest absolute Gasteiger partial charge is 0.223 e. The van der Waals surface area contributed by atoms with Crippen LogP contribution in [0.3, 0.4) is 0 Å². The lowest BCUT2D eigenvalue weighted by molar-refractivity contribution is 0.516. The van der Waals surface area contributed by atoms with Gasteiger partial charge in [0.2, 0.25) is 5.95 Å². The fourth-order valence-corrected chi connectivity index (χ4v) is 2.39. The molecule has 1 aromatic heterocycles. The lowest BCUT2D eigenvalue weighted by Gasteiger charge is -2.09. The highest BCUT2D eigenvalue weighted by atomic mass is 15.1. The summed E-state index contributed by atoms with van der Waals surface area (Å²) in [4.78, 5) is 12.6. The van der Waals surface area contributed by atoms with Crippen LogP contribution in [0, 0.1) is 12.8 Å². The van der Waals surface area contributed by atoms with Gasteiger partial charge in [-0.15, -0.1) is 0 Å². The van der Waals surface area contributed by atoms with Gasteiger partial charge in [0, 0.05) is 5.92 Å². The molecule has 82 valence electrons. The van der Waals surface area contributed by atoms with Gasteiger partial charge >= 0.3 is 0 Å². The van der Waals surface area contributed by atoms with Crippen molar-refractivity contribution < 1.29 is 0 Å². The van der Waals surface area contributed by atoms with Crippen LogP contribution in [0.1, 0.15) is 50.2 Å². The predicted molar refractivity (Wildman–Crippen MR) is 59.3 cm³/mol. The number of anilines is 1. The topological polar surface area (TPSA) is 64.7 Å². The Bertz CT molecular complexity index is 330. The van der Waals surface area contributed by atoms with E-state index in [1.165, 1.54) is 25.7 Å². The molecule has 1 aliphatic rings. The largest absolute Gasteiger partial charge is 0.368 e. The molecule has 0 amide bonds. The van der Waals surface area contributed by atoms with Crippen molar-refractivity contribution in [2.45, 2.75) is 45.4 Å². The van der Waals surface area contributed by atoms with E-state index >= 15 is 0 Å². The Labute approximate surface area is 90.3 Å². The van der Waals surface area contributed by atoms with Gasteiger partial charge in [-0.05, 0) is 32.1 Å². The summed E-state index contributed by atoms with van der Waals surface area (Å²) in [5.41, 5.74) is 5.63. The average Bonchev–Trinajstić information content (AvgIpc) is 2.64. The molecule has 1 aliphatic carbocycles. The van der Waals surface area contributed by atoms with Crippen LogP contribution in [0.15, 0.2) is 0 Å². The molecule has 0 radical (unpaired) electrons. The molecule has 0 bridgehead atoms. The van der Waals surface area contributed by atoms with E-state index in [1.807, 2.05) is 6.92 Å². The van der Waals surface area contributed by atoms with E-state index in [1.54, 1.807) is 0 Å². The Morgan fingerprint density at radius 1 is 1.27 bits per heavy atom. The van der Waals surface area contributed by atoms with Crippen molar-refractivity contribution in [1.82, 2.24) is 15.0 Å². The summed E-state index contributed by atoms with van der Waals surface area (Å²) in [5, 5.41) is 0. The van der Waals surface area contributed by atoms with Crippen molar-refractivity contribution >= 4 is 5.95 Å². The minimum Gasteiger partial charge on any atom is -0.368 e. The normalized spacial score (nSPS) is 25.7. The highest BCUT2D eigenvalue weighted by Crippen LogP contribution is 2.38. The first-order valence-electron chi connectivity index (χ1n) is 5.67. The molecule has 1 fully saturated rings. The Hall–Kier alpha value is -1.19. The third kappa shape index (κ3) is 2.25. The minimum absolute atomic E-state index is 0.359. The maximum absolute atomic E-state index is 5.63. The first kappa shape index (κ1) is 10.3. The number of hydrogen-bond donors (Lipinski definition) is 1. The van der Waals surface area contributed by atoms with E-state index in [2.05, 4.69) is 21.9 Å². The molecule has 1 aromatic rings. The maximum atomic E-state index is 5.63. The Balaban J connectivity index is 2.16. The molecule has 1 saturated carbocycles. The van der Waals surface area contributed by atoms with E-state index in [0.717, 1.165) is 17.6 Å². The van der Waals surface area contributed by atoms with Crippen molar-refractivity contribution in [1.29, 1.82) is 0 Å². The molecular formula is C11H18N4. The highest BCUT2D eigenvalue weighted by molar-refractivity contribution is 5.17. The average molecular weight is 206 g/mol. The van der Waals surface area contributed by atoms with Gasteiger partial charge < -0.3 is 5.73 Å². The predicted octanol–water partition coefficient (Wildman–Crippen LogP) is 2.06. The van der Waals surface area contributed by atoms with Gasteiger partial charge in [-0.2, -0.15) is 9.97 Å². The SMILES string of the molecule is CCC1CCC(c2nc(C)nc(N)n2)C1. The molecule has 0 aliphatic heterocycles. The molecule has 4 nitrogen and oxygen atoms in total. The first-order chi connectivity index (χ1) is 7.19. The molecule has 15 heavy (non-hydrogen) atoms. The molecule has 0 spiro atoms. The molecule has 2 unspecified atom stereocenters. The lowest BCUT2D eigenvalue weighted by atomic mass is 10.0. The summed E-state index contributed by atoms with van der Waals surface area (Å²) < 4.78 is 0. The van der Waals surface area contributed by atoms with Crippen molar-refractivity contribution in [2.24, 2.45) is 5.92 Å². The number of nitrogen functional groups attached to an aromatic ring is 1. The first-order valence-corrected chi connectivity index (χ1v) is 5.67. The molecular weight excluding hydrogens is 188 g/mol. The zero-order valence-corrected chi connectivity index (χ0v) is 9.40. The van der Waals surface area contributed by atoms with Crippen LogP contribution in [0.5, 0.6) is 0 Å². The van der Waals surface area contributed by atoms with E-state index < -0.39 is 0 Å². The molecule has 1 heterocycles. The van der Waals surface area contributed by atoms with Crippen LogP contribution in [0.2, 0.25) is 0 Å². The summed E-state index contributed by atoms with van der Waals surface area (Å²) in [6.07, 6.45) is 4.96. The van der Waals surface area contributed by atoms with Gasteiger partial charge in [-0.3, -0.25) is 0 Å². The summed E-state index contributed by atoms with van der Waals surface area (Å²) in [6.45, 7) is 4.12. The number of hydrogen-bond acceptors (Lipinski definition) is 4. The fourth-order valence-electron chi connectivity index (χ4n) is 2.39. The van der Waals surface area contributed by atoms with E-state index in [-0.39, 0.29) is 0 Å². The fraction of sp³-hybridized carbons (Fsp3) is 0.727. The Morgan fingerprint density at radius 2 is 2.07 bits per heavy atom. The van der Waals surface area contributed by atoms with E-state index in [4.69, 9.17) is 5.73 Å². The number of nitrogens with two attached hydrogens (primary N) is 1. The van der Waals surface area contributed by atoms with Gasteiger partial charge in [-0.1, -0.05) is 13.3 Å². The van der Waals surface area contributed by atoms with E-state index in [0.29, 0.717) is 11.9 Å². The number of aryl methyl sites for hydroxylation is 1. The van der Waals surface area contributed by atoms with Crippen LogP contribution >= 0.6 is 0 Å². The molecule has 2 rings (SSSR count). The molecule has 2 N–H and O–H groups in total. The maximum Gasteiger partial charge on any atom is 0.223 e. The van der Waals surface area contributed by atoms with Gasteiger partial charge in [0.15, 0.2) is 0 Å². The second kappa shape index (κ2) is 4.13. The molecule has 4 heteroatoms. The van der Waals surface area contributed by atoms with Crippen molar-refractivity contribution in [2.75, 3.05) is 5.73 Å². The van der Waals surface area contributed by atoms with Crippen molar-refractivity contribution in [3.05, 3.63) is 11.6 Å². The van der Waals surface area contributed by atoms with Crippen molar-refractivity contribution in [3.63, 3.8) is 0 Å². The van der Waals surface area contributed by atoms with Gasteiger partial charge in [0.1, 0.15) is 11.6 Å². The molecule has 2 atom stereocenters. The standard InChI is InChI=1S/C11H18N4/c1-3-8-4-5-9(6-8)10-13-7(2)14-11(12)15-10/h8-9H,3-6H2,1-2H3,(H2,12,13,14,15). The minimum atomic E-state index is 0.359. The summed E-state index contributed by atoms with van der Waals surface area (Å²) in [5.74, 6) is 3.33. The number of nitrogens with zero attached hydrogens (tertiary/aromatic N) is 3. The van der Waals surface area contributed by atoms with Crippen molar-refractivity contribution in [3.8, 4) is 0 Å². The zero-order valence-electron chi connectivity index (χ0n) is 9.40. The van der Waals surface area contributed by atoms with Crippen LogP contribution in [0.4, 0.5) is 5.95 Å².